The lowest BCUT2D eigenvalue weighted by molar-refractivity contribution is 0.175. The van der Waals surface area contributed by atoms with Gasteiger partial charge in [0.1, 0.15) is 6.61 Å². The number of rotatable bonds is 1. The second-order valence-electron chi connectivity index (χ2n) is 4.23. The predicted octanol–water partition coefficient (Wildman–Crippen LogP) is 0.980. The molecule has 0 aliphatic carbocycles. The lowest BCUT2D eigenvalue weighted by Crippen LogP contribution is -2.38. The van der Waals surface area contributed by atoms with Crippen molar-refractivity contribution in [1.29, 1.82) is 0 Å². The molecule has 6 heteroatoms. The molecule has 0 saturated carbocycles. The zero-order chi connectivity index (χ0) is 11.1. The molecule has 1 atom stereocenters. The summed E-state index contributed by atoms with van der Waals surface area (Å²) in [4.78, 5) is 0. The van der Waals surface area contributed by atoms with E-state index in [0.29, 0.717) is 19.8 Å². The van der Waals surface area contributed by atoms with Crippen molar-refractivity contribution in [2.75, 3.05) is 19.8 Å². The molecule has 3 aliphatic heterocycles. The molecule has 0 aromatic rings. The van der Waals surface area contributed by atoms with Crippen LogP contribution in [0.2, 0.25) is 0 Å². The van der Waals surface area contributed by atoms with Crippen molar-refractivity contribution in [3.63, 3.8) is 0 Å². The molecule has 17 heavy (non-hydrogen) atoms. The third-order valence-electron chi connectivity index (χ3n) is 3.31. The minimum atomic E-state index is -0.256. The molecule has 0 bridgehead atoms. The Morgan fingerprint density at radius 1 is 1.47 bits per heavy atom. The quantitative estimate of drug-likeness (QED) is 0.710. The van der Waals surface area contributed by atoms with Crippen LogP contribution in [0.3, 0.4) is 0 Å². The van der Waals surface area contributed by atoms with Crippen LogP contribution < -0.4 is 5.73 Å². The molecule has 0 spiro atoms. The van der Waals surface area contributed by atoms with Gasteiger partial charge in [-0.05, 0) is 35.2 Å². The largest absolute Gasteiger partial charge is 0.497 e. The highest BCUT2D eigenvalue weighted by atomic mass is 35.5. The predicted molar refractivity (Wildman–Crippen MR) is 67.7 cm³/mol. The minimum absolute atomic E-state index is 0. The molecular weight excluding hydrogens is 240 g/mol. The van der Waals surface area contributed by atoms with E-state index in [2.05, 4.69) is 6.92 Å². The fourth-order valence-electron chi connectivity index (χ4n) is 2.40. The van der Waals surface area contributed by atoms with Gasteiger partial charge in [-0.15, -0.1) is 12.4 Å². The number of hydrogen-bond donors (Lipinski definition) is 1. The lowest BCUT2D eigenvalue weighted by Gasteiger charge is -2.28. The van der Waals surface area contributed by atoms with Crippen LogP contribution in [0.15, 0.2) is 34.5 Å². The standard InChI is InChI=1S/C11H14BNO3.ClH/c1-7-9-2-3-14-5-8-6-15-12(11(8)9)16-10(7)4-13;/h2-3,10H,4-6,13H2,1H3;1H/t10-;/m1./s1. The van der Waals surface area contributed by atoms with Gasteiger partial charge in [0.25, 0.3) is 0 Å². The highest BCUT2D eigenvalue weighted by molar-refractivity contribution is 6.57. The molecule has 2 N–H and O–H groups in total. The summed E-state index contributed by atoms with van der Waals surface area (Å²) in [5.41, 5.74) is 10.4. The first-order chi connectivity index (χ1) is 7.81. The van der Waals surface area contributed by atoms with Gasteiger partial charge in [-0.3, -0.25) is 0 Å². The van der Waals surface area contributed by atoms with Crippen molar-refractivity contribution < 1.29 is 14.0 Å². The van der Waals surface area contributed by atoms with Crippen molar-refractivity contribution in [1.82, 2.24) is 0 Å². The summed E-state index contributed by atoms with van der Waals surface area (Å²) >= 11 is 0. The Balaban J connectivity index is 0.00000108. The molecule has 0 saturated heterocycles. The highest BCUT2D eigenvalue weighted by Crippen LogP contribution is 2.36. The van der Waals surface area contributed by atoms with Crippen LogP contribution in [-0.2, 0) is 14.0 Å². The molecular formula is C11H15BClNO3. The van der Waals surface area contributed by atoms with Gasteiger partial charge in [0.05, 0.1) is 19.0 Å². The van der Waals surface area contributed by atoms with Crippen molar-refractivity contribution in [2.45, 2.75) is 13.0 Å². The summed E-state index contributed by atoms with van der Waals surface area (Å²) in [7, 11) is -0.256. The zero-order valence-electron chi connectivity index (χ0n) is 9.64. The summed E-state index contributed by atoms with van der Waals surface area (Å²) in [6.45, 7) is 3.72. The van der Waals surface area contributed by atoms with Crippen LogP contribution in [0.25, 0.3) is 0 Å². The van der Waals surface area contributed by atoms with Crippen LogP contribution in [0.5, 0.6) is 0 Å². The van der Waals surface area contributed by atoms with Crippen LogP contribution in [-0.4, -0.2) is 33.0 Å². The molecule has 0 aromatic carbocycles. The molecule has 0 aromatic heterocycles. The van der Waals surface area contributed by atoms with E-state index in [1.54, 1.807) is 6.26 Å². The average Bonchev–Trinajstić information content (AvgIpc) is 2.57. The Labute approximate surface area is 107 Å². The molecule has 92 valence electrons. The highest BCUT2D eigenvalue weighted by Gasteiger charge is 2.42. The fourth-order valence-corrected chi connectivity index (χ4v) is 2.40. The molecule has 0 amide bonds. The van der Waals surface area contributed by atoms with E-state index in [1.165, 1.54) is 16.7 Å². The van der Waals surface area contributed by atoms with Gasteiger partial charge in [0, 0.05) is 6.54 Å². The number of allylic oxidation sites excluding steroid dienone is 3. The SMILES string of the molecule is CC1=C2C=COCC3=C2B(OC3)O[C@@H]1CN.Cl. The van der Waals surface area contributed by atoms with Crippen molar-refractivity contribution in [3.8, 4) is 0 Å². The Hall–Kier alpha value is -0.745. The number of hydrogen-bond acceptors (Lipinski definition) is 4. The second kappa shape index (κ2) is 4.86. The zero-order valence-corrected chi connectivity index (χ0v) is 10.5. The fraction of sp³-hybridized carbons (Fsp3) is 0.455. The van der Waals surface area contributed by atoms with Gasteiger partial charge < -0.3 is 19.8 Å². The number of halogens is 1. The normalized spacial score (nSPS) is 26.5. The van der Waals surface area contributed by atoms with E-state index < -0.39 is 0 Å². The Bertz CT molecular complexity index is 419. The smallest absolute Gasteiger partial charge is 0.495 e. The third kappa shape index (κ3) is 1.93. The monoisotopic (exact) mass is 255 g/mol. The van der Waals surface area contributed by atoms with Gasteiger partial charge in [0.15, 0.2) is 0 Å². The van der Waals surface area contributed by atoms with Gasteiger partial charge in [-0.1, -0.05) is 0 Å². The molecule has 4 nitrogen and oxygen atoms in total. The molecule has 0 fully saturated rings. The van der Waals surface area contributed by atoms with E-state index in [0.717, 1.165) is 5.47 Å². The van der Waals surface area contributed by atoms with Gasteiger partial charge in [0.2, 0.25) is 0 Å². The van der Waals surface area contributed by atoms with Crippen molar-refractivity contribution >= 4 is 19.5 Å². The number of ether oxygens (including phenoxy) is 1. The maximum atomic E-state index is 5.81. The summed E-state index contributed by atoms with van der Waals surface area (Å²) in [6.07, 6.45) is 3.68. The Morgan fingerprint density at radius 3 is 3.06 bits per heavy atom. The lowest BCUT2D eigenvalue weighted by atomic mass is 9.69. The molecule has 0 unspecified atom stereocenters. The molecule has 3 aliphatic rings. The van der Waals surface area contributed by atoms with Crippen molar-refractivity contribution in [3.05, 3.63) is 34.5 Å². The van der Waals surface area contributed by atoms with Crippen LogP contribution in [0.1, 0.15) is 6.92 Å². The third-order valence-corrected chi connectivity index (χ3v) is 3.31. The van der Waals surface area contributed by atoms with E-state index in [4.69, 9.17) is 19.8 Å². The first kappa shape index (κ1) is 12.7. The van der Waals surface area contributed by atoms with Gasteiger partial charge in [-0.2, -0.15) is 0 Å². The van der Waals surface area contributed by atoms with Gasteiger partial charge in [-0.25, -0.2) is 0 Å². The Morgan fingerprint density at radius 2 is 2.29 bits per heavy atom. The van der Waals surface area contributed by atoms with Crippen LogP contribution >= 0.6 is 12.4 Å². The van der Waals surface area contributed by atoms with E-state index >= 15 is 0 Å². The van der Waals surface area contributed by atoms with E-state index in [9.17, 15) is 0 Å². The maximum absolute atomic E-state index is 5.81. The van der Waals surface area contributed by atoms with Crippen LogP contribution in [0.4, 0.5) is 0 Å². The summed E-state index contributed by atoms with van der Waals surface area (Å²) in [5, 5.41) is 0. The second-order valence-corrected chi connectivity index (χ2v) is 4.23. The molecule has 0 radical (unpaired) electrons. The maximum Gasteiger partial charge on any atom is 0.495 e. The number of nitrogens with two attached hydrogens (primary N) is 1. The molecule has 3 heterocycles. The first-order valence-corrected chi connectivity index (χ1v) is 5.49. The van der Waals surface area contributed by atoms with E-state index in [-0.39, 0.29) is 25.6 Å². The first-order valence-electron chi connectivity index (χ1n) is 5.49. The Kier molecular flexibility index (Phi) is 3.63. The topological polar surface area (TPSA) is 53.7 Å². The summed E-state index contributed by atoms with van der Waals surface area (Å²) < 4.78 is 16.8. The van der Waals surface area contributed by atoms with Crippen LogP contribution in [0, 0.1) is 0 Å². The van der Waals surface area contributed by atoms with Gasteiger partial charge >= 0.3 is 7.12 Å². The average molecular weight is 256 g/mol. The van der Waals surface area contributed by atoms with E-state index in [1.807, 2.05) is 6.08 Å². The minimum Gasteiger partial charge on any atom is -0.497 e. The van der Waals surface area contributed by atoms with Crippen molar-refractivity contribution in [2.24, 2.45) is 5.73 Å². The summed E-state index contributed by atoms with van der Waals surface area (Å²) in [6, 6.07) is 0. The molecule has 3 rings (SSSR count). The summed E-state index contributed by atoms with van der Waals surface area (Å²) in [5.74, 6) is 0.